The number of H-pyrrole nitrogens is 1. The number of furan rings is 1. The predicted molar refractivity (Wildman–Crippen MR) is 125 cm³/mol. The average Bonchev–Trinajstić information content (AvgIpc) is 3.56. The third-order valence-corrected chi connectivity index (χ3v) is 5.81. The van der Waals surface area contributed by atoms with Gasteiger partial charge in [-0.3, -0.25) is 9.89 Å². The largest absolute Gasteiger partial charge is 0.507 e. The summed E-state index contributed by atoms with van der Waals surface area (Å²) in [6.07, 6.45) is 1.59. The average molecular weight is 460 g/mol. The summed E-state index contributed by atoms with van der Waals surface area (Å²) < 4.78 is 17.1. The normalized spacial score (nSPS) is 14.9. The highest BCUT2D eigenvalue weighted by Crippen LogP contribution is 2.46. The molecule has 174 valence electrons. The molecular weight excluding hydrogens is 434 g/mol. The summed E-state index contributed by atoms with van der Waals surface area (Å²) in [5.41, 5.74) is 3.00. The highest BCUT2D eigenvalue weighted by Gasteiger charge is 2.43. The van der Waals surface area contributed by atoms with Gasteiger partial charge in [-0.05, 0) is 55.8 Å². The Morgan fingerprint density at radius 1 is 1.06 bits per heavy atom. The van der Waals surface area contributed by atoms with E-state index in [0.717, 1.165) is 5.56 Å². The summed E-state index contributed by atoms with van der Waals surface area (Å²) in [6, 6.07) is 15.8. The van der Waals surface area contributed by atoms with Crippen molar-refractivity contribution in [3.05, 3.63) is 83.4 Å². The summed E-state index contributed by atoms with van der Waals surface area (Å²) >= 11 is 0. The van der Waals surface area contributed by atoms with Gasteiger partial charge in [-0.1, -0.05) is 18.2 Å². The lowest BCUT2D eigenvalue weighted by Crippen LogP contribution is -2.29. The fourth-order valence-electron chi connectivity index (χ4n) is 4.39. The number of fused-ring (bicyclic) bond motifs is 1. The number of hydrogen-bond acceptors (Lipinski definition) is 6. The van der Waals surface area contributed by atoms with Crippen molar-refractivity contribution < 1.29 is 23.8 Å². The summed E-state index contributed by atoms with van der Waals surface area (Å²) in [5, 5.41) is 17.8. The van der Waals surface area contributed by atoms with Gasteiger partial charge in [-0.15, -0.1) is 0 Å². The molecule has 4 aromatic rings. The Morgan fingerprint density at radius 2 is 1.85 bits per heavy atom. The van der Waals surface area contributed by atoms with Crippen molar-refractivity contribution in [3.63, 3.8) is 0 Å². The monoisotopic (exact) mass is 459 g/mol. The Kier molecular flexibility index (Phi) is 5.71. The number of rotatable bonds is 8. The van der Waals surface area contributed by atoms with E-state index in [9.17, 15) is 9.90 Å². The van der Waals surface area contributed by atoms with Gasteiger partial charge in [-0.25, -0.2) is 0 Å². The fourth-order valence-corrected chi connectivity index (χ4v) is 4.39. The van der Waals surface area contributed by atoms with E-state index < -0.39 is 6.04 Å². The highest BCUT2D eigenvalue weighted by atomic mass is 16.5. The molecule has 0 bridgehead atoms. The van der Waals surface area contributed by atoms with Crippen molar-refractivity contribution in [2.45, 2.75) is 26.4 Å². The lowest BCUT2D eigenvalue weighted by molar-refractivity contribution is 0.0716. The molecule has 0 fully saturated rings. The first-order valence-electron chi connectivity index (χ1n) is 11.2. The number of phenols is 1. The van der Waals surface area contributed by atoms with Crippen LogP contribution in [0.3, 0.4) is 0 Å². The number of carbonyl (C=O) groups is 1. The van der Waals surface area contributed by atoms with Gasteiger partial charge < -0.3 is 23.9 Å². The fraction of sp³-hybridized carbons (Fsp3) is 0.231. The Balaban J connectivity index is 1.67. The van der Waals surface area contributed by atoms with E-state index in [-0.39, 0.29) is 18.2 Å². The van der Waals surface area contributed by atoms with Crippen LogP contribution in [0.2, 0.25) is 0 Å². The van der Waals surface area contributed by atoms with Crippen LogP contribution in [-0.2, 0) is 6.54 Å². The Labute approximate surface area is 196 Å². The van der Waals surface area contributed by atoms with E-state index >= 15 is 0 Å². The minimum atomic E-state index is -0.476. The van der Waals surface area contributed by atoms with Gasteiger partial charge in [0.05, 0.1) is 32.1 Å². The molecular formula is C26H25N3O5. The van der Waals surface area contributed by atoms with Crippen molar-refractivity contribution in [1.29, 1.82) is 0 Å². The molecule has 1 amide bonds. The lowest BCUT2D eigenvalue weighted by atomic mass is 9.95. The summed E-state index contributed by atoms with van der Waals surface area (Å²) in [5.74, 6) is 1.81. The van der Waals surface area contributed by atoms with E-state index in [4.69, 9.17) is 13.9 Å². The van der Waals surface area contributed by atoms with Crippen LogP contribution in [0.5, 0.6) is 17.2 Å². The van der Waals surface area contributed by atoms with Crippen molar-refractivity contribution in [3.8, 4) is 28.5 Å². The zero-order valence-electron chi connectivity index (χ0n) is 18.9. The highest BCUT2D eigenvalue weighted by molar-refractivity contribution is 6.00. The third kappa shape index (κ3) is 3.67. The molecule has 3 heterocycles. The van der Waals surface area contributed by atoms with Gasteiger partial charge in [-0.2, -0.15) is 5.10 Å². The second-order valence-corrected chi connectivity index (χ2v) is 7.87. The number of aromatic amines is 1. The molecule has 0 unspecified atom stereocenters. The van der Waals surface area contributed by atoms with Crippen LogP contribution in [0, 0.1) is 0 Å². The van der Waals surface area contributed by atoms with Gasteiger partial charge in [0.25, 0.3) is 5.91 Å². The number of para-hydroxylation sites is 1. The maximum absolute atomic E-state index is 13.5. The summed E-state index contributed by atoms with van der Waals surface area (Å²) in [4.78, 5) is 15.2. The van der Waals surface area contributed by atoms with Crippen LogP contribution >= 0.6 is 0 Å². The van der Waals surface area contributed by atoms with Crippen LogP contribution in [-0.4, -0.2) is 39.3 Å². The molecule has 1 aliphatic rings. The zero-order valence-corrected chi connectivity index (χ0v) is 18.9. The summed E-state index contributed by atoms with van der Waals surface area (Å²) in [7, 11) is 0. The number of benzene rings is 2. The number of nitrogens with zero attached hydrogens (tertiary/aromatic N) is 2. The van der Waals surface area contributed by atoms with E-state index in [0.29, 0.717) is 53.0 Å². The van der Waals surface area contributed by atoms with Gasteiger partial charge in [0.15, 0.2) is 11.5 Å². The molecule has 5 rings (SSSR count). The number of hydrogen-bond donors (Lipinski definition) is 2. The first-order chi connectivity index (χ1) is 16.6. The SMILES string of the molecule is CCOc1ccc([C@@H]2c3c(-c4ccccc4O)n[nH]c3C(=O)N2Cc2ccco2)cc1OCC. The van der Waals surface area contributed by atoms with Gasteiger partial charge in [0, 0.05) is 11.1 Å². The second-order valence-electron chi connectivity index (χ2n) is 7.87. The minimum absolute atomic E-state index is 0.0918. The molecule has 8 nitrogen and oxygen atoms in total. The molecule has 0 saturated heterocycles. The molecule has 34 heavy (non-hydrogen) atoms. The molecule has 2 aromatic carbocycles. The Bertz CT molecular complexity index is 1310. The van der Waals surface area contributed by atoms with Crippen LogP contribution in [0.4, 0.5) is 0 Å². The molecule has 0 aliphatic carbocycles. The quantitative estimate of drug-likeness (QED) is 0.388. The van der Waals surface area contributed by atoms with Crippen molar-refractivity contribution in [2.75, 3.05) is 13.2 Å². The minimum Gasteiger partial charge on any atom is -0.507 e. The van der Waals surface area contributed by atoms with E-state index in [2.05, 4.69) is 10.2 Å². The van der Waals surface area contributed by atoms with Gasteiger partial charge in [0.1, 0.15) is 22.9 Å². The maximum Gasteiger partial charge on any atom is 0.273 e. The number of aromatic nitrogens is 2. The predicted octanol–water partition coefficient (Wildman–Crippen LogP) is 4.92. The number of carbonyl (C=O) groups excluding carboxylic acids is 1. The number of nitrogens with one attached hydrogen (secondary N) is 1. The third-order valence-electron chi connectivity index (χ3n) is 5.81. The smallest absolute Gasteiger partial charge is 0.273 e. The number of aromatic hydroxyl groups is 1. The van der Waals surface area contributed by atoms with Crippen LogP contribution in [0.1, 0.15) is 47.3 Å². The van der Waals surface area contributed by atoms with E-state index in [1.54, 1.807) is 35.4 Å². The first kappa shape index (κ1) is 21.6. The molecule has 2 aromatic heterocycles. The number of amides is 1. The zero-order chi connectivity index (χ0) is 23.7. The standard InChI is InChI=1S/C26H25N3O5/c1-3-32-20-12-11-16(14-21(20)33-4-2)25-22-23(18-9-5-6-10-19(18)30)27-28-24(22)26(31)29(25)15-17-8-7-13-34-17/h5-14,25,30H,3-4,15H2,1-2H3,(H,27,28)/t25-/m1/s1. The lowest BCUT2D eigenvalue weighted by Gasteiger charge is -2.26. The van der Waals surface area contributed by atoms with Gasteiger partial charge in [0.2, 0.25) is 0 Å². The topological polar surface area (TPSA) is 101 Å². The van der Waals surface area contributed by atoms with Gasteiger partial charge >= 0.3 is 0 Å². The molecule has 1 atom stereocenters. The second kappa shape index (κ2) is 8.97. The molecule has 0 saturated carbocycles. The summed E-state index contributed by atoms with van der Waals surface area (Å²) in [6.45, 7) is 5.09. The molecule has 0 radical (unpaired) electrons. The van der Waals surface area contributed by atoms with E-state index in [1.165, 1.54) is 0 Å². The first-order valence-corrected chi connectivity index (χ1v) is 11.2. The van der Waals surface area contributed by atoms with Crippen molar-refractivity contribution >= 4 is 5.91 Å². The number of phenolic OH excluding ortho intramolecular Hbond substituents is 1. The van der Waals surface area contributed by atoms with Crippen molar-refractivity contribution in [2.24, 2.45) is 0 Å². The Morgan fingerprint density at radius 3 is 2.59 bits per heavy atom. The van der Waals surface area contributed by atoms with E-state index in [1.807, 2.05) is 44.2 Å². The molecule has 2 N–H and O–H groups in total. The maximum atomic E-state index is 13.5. The van der Waals surface area contributed by atoms with Crippen molar-refractivity contribution in [1.82, 2.24) is 15.1 Å². The molecule has 0 spiro atoms. The van der Waals surface area contributed by atoms with Crippen LogP contribution in [0.15, 0.2) is 65.3 Å². The number of ether oxygens (including phenoxy) is 2. The molecule has 1 aliphatic heterocycles. The Hall–Kier alpha value is -4.20. The molecule has 8 heteroatoms. The van der Waals surface area contributed by atoms with Crippen LogP contribution in [0.25, 0.3) is 11.3 Å². The van der Waals surface area contributed by atoms with Crippen LogP contribution < -0.4 is 9.47 Å².